The zero-order valence-electron chi connectivity index (χ0n) is 16.4. The Hall–Kier alpha value is -2.28. The fraction of sp³-hybridized carbons (Fsp3) is 0.474. The van der Waals surface area contributed by atoms with Gasteiger partial charge in [0.15, 0.2) is 0 Å². The van der Waals surface area contributed by atoms with E-state index in [1.54, 1.807) is 0 Å². The number of fused-ring (bicyclic) bond motifs is 1. The van der Waals surface area contributed by atoms with E-state index in [4.69, 9.17) is 0 Å². The second kappa shape index (κ2) is 9.25. The molecule has 1 fully saturated rings. The van der Waals surface area contributed by atoms with Gasteiger partial charge in [-0.2, -0.15) is 0 Å². The van der Waals surface area contributed by atoms with Crippen molar-refractivity contribution >= 4 is 36.8 Å². The first-order valence-electron chi connectivity index (χ1n) is 9.22. The summed E-state index contributed by atoms with van der Waals surface area (Å²) in [5.41, 5.74) is 0.627. The van der Waals surface area contributed by atoms with Crippen LogP contribution in [0.15, 0.2) is 18.5 Å². The van der Waals surface area contributed by atoms with Gasteiger partial charge in [0.25, 0.3) is 0 Å². The molecular weight excluding hydrogens is 469 g/mol. The van der Waals surface area contributed by atoms with Crippen LogP contribution in [-0.2, 0) is 4.79 Å². The Labute approximate surface area is 177 Å². The van der Waals surface area contributed by atoms with E-state index >= 15 is 0 Å². The normalized spacial score (nSPS) is 19.9. The Bertz CT molecular complexity index is 981. The van der Waals surface area contributed by atoms with Crippen LogP contribution in [0.4, 0.5) is 23.4 Å². The van der Waals surface area contributed by atoms with E-state index in [9.17, 15) is 22.4 Å². The van der Waals surface area contributed by atoms with Gasteiger partial charge in [-0.1, -0.05) is 0 Å². The summed E-state index contributed by atoms with van der Waals surface area (Å²) in [6.45, 7) is 2.36. The van der Waals surface area contributed by atoms with Gasteiger partial charge in [-0.15, -0.1) is 0 Å². The number of likely N-dealkylation sites (tertiary alicyclic amines) is 1. The molecule has 3 heterocycles. The number of hydrogen-bond acceptors (Lipinski definition) is 4. The molecule has 2 N–H and O–H groups in total. The van der Waals surface area contributed by atoms with Crippen molar-refractivity contribution in [3.8, 4) is 11.8 Å². The average molecular weight is 490 g/mol. The third kappa shape index (κ3) is 5.65. The van der Waals surface area contributed by atoms with Crippen LogP contribution >= 0.6 is 0 Å². The average Bonchev–Trinajstić information content (AvgIpc) is 2.98. The molecule has 0 aliphatic carbocycles. The molecule has 0 bridgehead atoms. The van der Waals surface area contributed by atoms with Gasteiger partial charge in [-0.05, 0) is 0 Å². The number of halogens is 4. The number of amides is 1. The van der Waals surface area contributed by atoms with Crippen molar-refractivity contribution < 1.29 is 22.4 Å². The Morgan fingerprint density at radius 3 is 2.87 bits per heavy atom. The van der Waals surface area contributed by atoms with Crippen LogP contribution in [0.2, 0.25) is 0 Å². The van der Waals surface area contributed by atoms with Gasteiger partial charge in [0.2, 0.25) is 0 Å². The number of carbonyl (C=O) groups is 1. The Kier molecular flexibility index (Phi) is 6.91. The number of hydrogen-bond donors (Lipinski definition) is 2. The quantitative estimate of drug-likeness (QED) is 0.384. The first kappa shape index (κ1) is 22.4. The molecule has 6 nitrogen and oxygen atoms in total. The predicted octanol–water partition coefficient (Wildman–Crippen LogP) is 1.13. The molecule has 0 spiro atoms. The monoisotopic (exact) mass is 491 g/mol. The molecule has 1 aliphatic heterocycles. The summed E-state index contributed by atoms with van der Waals surface area (Å²) in [6, 6.07) is 1.06. The topological polar surface area (TPSA) is 61.7 Å². The summed E-state index contributed by atoms with van der Waals surface area (Å²) in [7, 11) is 1.84. The summed E-state index contributed by atoms with van der Waals surface area (Å²) in [5.74, 6) is 5.44. The second-order valence-corrected chi connectivity index (χ2v) is 9.18. The molecule has 0 radical (unpaired) electrons. The molecule has 1 amide bonds. The molecule has 11 heteroatoms. The maximum atomic E-state index is 14.4. The van der Waals surface area contributed by atoms with Crippen molar-refractivity contribution in [2.45, 2.75) is 30.6 Å². The molecular formula is C19H21F4N5OSe. The van der Waals surface area contributed by atoms with Gasteiger partial charge in [0.1, 0.15) is 0 Å². The van der Waals surface area contributed by atoms with E-state index in [1.807, 2.05) is 11.9 Å². The van der Waals surface area contributed by atoms with Crippen molar-refractivity contribution in [1.82, 2.24) is 19.6 Å². The molecule has 2 unspecified atom stereocenters. The van der Waals surface area contributed by atoms with Crippen molar-refractivity contribution in [2.75, 3.05) is 32.0 Å². The first-order valence-corrected chi connectivity index (χ1v) is 10.9. The van der Waals surface area contributed by atoms with Crippen LogP contribution in [0.25, 0.3) is 5.52 Å². The molecule has 2 aromatic rings. The van der Waals surface area contributed by atoms with E-state index in [-0.39, 0.29) is 29.2 Å². The van der Waals surface area contributed by atoms with Gasteiger partial charge < -0.3 is 0 Å². The van der Waals surface area contributed by atoms with Gasteiger partial charge in [-0.25, -0.2) is 0 Å². The molecule has 2 atom stereocenters. The summed E-state index contributed by atoms with van der Waals surface area (Å²) < 4.78 is 55.5. The molecule has 162 valence electrons. The Balaban J connectivity index is 1.96. The zero-order chi connectivity index (χ0) is 21.9. The molecule has 1 saturated heterocycles. The third-order valence-electron chi connectivity index (χ3n) is 4.58. The van der Waals surface area contributed by atoms with Crippen LogP contribution in [0.1, 0.15) is 18.9 Å². The van der Waals surface area contributed by atoms with E-state index in [0.717, 1.165) is 0 Å². The van der Waals surface area contributed by atoms with Crippen molar-refractivity contribution in [3.05, 3.63) is 24.0 Å². The van der Waals surface area contributed by atoms with Gasteiger partial charge in [0.05, 0.1) is 0 Å². The standard InChI is InChI=1S/C19H21F4N5OSe/c1-12(29)24-6-3-4-13-10-16-17(26-15-5-8-27(2)11-14(15)20)25-7-9-28(16)18(13)30-19(21,22)23/h7,9-10,14-15H,5-6,8,11H2,1-2H3,(H,24,29)(H,25,26). The van der Waals surface area contributed by atoms with Crippen LogP contribution in [0, 0.1) is 11.8 Å². The van der Waals surface area contributed by atoms with E-state index in [0.29, 0.717) is 24.3 Å². The number of nitrogens with one attached hydrogen (secondary N) is 2. The Morgan fingerprint density at radius 2 is 2.20 bits per heavy atom. The van der Waals surface area contributed by atoms with Crippen molar-refractivity contribution in [2.24, 2.45) is 0 Å². The van der Waals surface area contributed by atoms with Gasteiger partial charge in [-0.3, -0.25) is 0 Å². The number of alkyl halides is 4. The molecule has 30 heavy (non-hydrogen) atoms. The second-order valence-electron chi connectivity index (χ2n) is 6.97. The van der Waals surface area contributed by atoms with E-state index < -0.39 is 32.2 Å². The van der Waals surface area contributed by atoms with E-state index in [2.05, 4.69) is 27.5 Å². The minimum atomic E-state index is -4.37. The summed E-state index contributed by atoms with van der Waals surface area (Å²) in [4.78, 5) is 17.1. The molecule has 3 rings (SSSR count). The summed E-state index contributed by atoms with van der Waals surface area (Å²) >= 11 is -1.84. The third-order valence-corrected chi connectivity index (χ3v) is 6.34. The molecule has 2 aromatic heterocycles. The first-order chi connectivity index (χ1) is 14.1. The maximum absolute atomic E-state index is 14.4. The van der Waals surface area contributed by atoms with Crippen molar-refractivity contribution in [3.63, 3.8) is 0 Å². The zero-order valence-corrected chi connectivity index (χ0v) is 18.1. The Morgan fingerprint density at radius 1 is 1.43 bits per heavy atom. The molecule has 1 aliphatic rings. The van der Waals surface area contributed by atoms with E-state index in [1.165, 1.54) is 29.8 Å². The SMILES string of the molecule is CC(=O)NCC#Cc1cc2c(NC3CCN(C)CC3F)nccn2c1[Se]C(F)(F)F. The van der Waals surface area contributed by atoms with Crippen molar-refractivity contribution in [1.29, 1.82) is 0 Å². The van der Waals surface area contributed by atoms with Crippen LogP contribution in [-0.4, -0.2) is 79.1 Å². The molecule has 0 saturated carbocycles. The fourth-order valence-electron chi connectivity index (χ4n) is 3.20. The molecule has 0 aromatic carbocycles. The van der Waals surface area contributed by atoms with Crippen LogP contribution in [0.3, 0.4) is 0 Å². The minimum absolute atomic E-state index is 0.0302. The summed E-state index contributed by atoms with van der Waals surface area (Å²) in [6.07, 6.45) is 2.28. The number of aromatic nitrogens is 2. The van der Waals surface area contributed by atoms with Crippen LogP contribution in [0.5, 0.6) is 0 Å². The number of carbonyl (C=O) groups excluding carboxylic acids is 1. The number of piperidine rings is 1. The summed E-state index contributed by atoms with van der Waals surface area (Å²) in [5, 5.41) is 1.18. The fourth-order valence-corrected chi connectivity index (χ4v) is 4.66. The van der Waals surface area contributed by atoms with Crippen LogP contribution < -0.4 is 15.2 Å². The van der Waals surface area contributed by atoms with Gasteiger partial charge in [0, 0.05) is 0 Å². The number of nitrogens with zero attached hydrogens (tertiary/aromatic N) is 3. The van der Waals surface area contributed by atoms with Gasteiger partial charge >= 0.3 is 177 Å². The number of rotatable bonds is 4. The predicted molar refractivity (Wildman–Crippen MR) is 107 cm³/mol. The number of anilines is 1.